The Morgan fingerprint density at radius 1 is 1.36 bits per heavy atom. The number of benzene rings is 1. The number of furan rings is 1. The van der Waals surface area contributed by atoms with Crippen LogP contribution < -0.4 is 5.32 Å². The molecule has 0 unspecified atom stereocenters. The van der Waals surface area contributed by atoms with Crippen molar-refractivity contribution >= 4 is 56.9 Å². The average Bonchev–Trinajstić information content (AvgIpc) is 2.98. The molecule has 0 aliphatic rings. The second kappa shape index (κ2) is 8.45. The molecule has 0 fully saturated rings. The highest BCUT2D eigenvalue weighted by Gasteiger charge is 2.14. The van der Waals surface area contributed by atoms with E-state index < -0.39 is 23.4 Å². The van der Waals surface area contributed by atoms with Crippen LogP contribution in [0, 0.1) is 10.1 Å². The molecular formula is C15H10BrClN2O6. The zero-order valence-electron chi connectivity index (χ0n) is 12.4. The van der Waals surface area contributed by atoms with E-state index in [0.29, 0.717) is 10.4 Å². The molecule has 130 valence electrons. The maximum Gasteiger partial charge on any atom is 0.331 e. The lowest BCUT2D eigenvalue weighted by molar-refractivity contribution is -0.384. The SMILES string of the molecule is O=C(COC(=O)/C=C/c1ccc(Br)o1)Nc1ccc(Cl)c([N+](=O)[O-])c1. The average molecular weight is 430 g/mol. The third kappa shape index (κ3) is 5.73. The van der Waals surface area contributed by atoms with E-state index in [9.17, 15) is 19.7 Å². The van der Waals surface area contributed by atoms with Crippen LogP contribution >= 0.6 is 27.5 Å². The van der Waals surface area contributed by atoms with E-state index in [-0.39, 0.29) is 16.4 Å². The van der Waals surface area contributed by atoms with Crippen molar-refractivity contribution in [2.75, 3.05) is 11.9 Å². The number of carbonyl (C=O) groups is 2. The Bertz CT molecular complexity index is 848. The molecular weight excluding hydrogens is 420 g/mol. The summed E-state index contributed by atoms with van der Waals surface area (Å²) in [5.74, 6) is -0.967. The van der Waals surface area contributed by atoms with Crippen LogP contribution in [0.25, 0.3) is 6.08 Å². The fourth-order valence-electron chi connectivity index (χ4n) is 1.68. The van der Waals surface area contributed by atoms with Crippen molar-refractivity contribution in [1.82, 2.24) is 0 Å². The van der Waals surface area contributed by atoms with E-state index in [2.05, 4.69) is 21.2 Å². The molecule has 1 amide bonds. The van der Waals surface area contributed by atoms with Crippen molar-refractivity contribution in [3.05, 3.63) is 62.0 Å². The lowest BCUT2D eigenvalue weighted by Gasteiger charge is -2.05. The molecule has 1 aromatic carbocycles. The number of halogens is 2. The summed E-state index contributed by atoms with van der Waals surface area (Å²) in [5.41, 5.74) is -0.183. The number of rotatable bonds is 6. The van der Waals surface area contributed by atoms with Crippen LogP contribution in [-0.2, 0) is 14.3 Å². The fraction of sp³-hybridized carbons (Fsp3) is 0.0667. The zero-order valence-corrected chi connectivity index (χ0v) is 14.7. The third-order valence-electron chi connectivity index (χ3n) is 2.75. The van der Waals surface area contributed by atoms with Crippen LogP contribution in [0.5, 0.6) is 0 Å². The van der Waals surface area contributed by atoms with Crippen LogP contribution in [0.1, 0.15) is 5.76 Å². The summed E-state index contributed by atoms with van der Waals surface area (Å²) in [4.78, 5) is 33.4. The van der Waals surface area contributed by atoms with Gasteiger partial charge in [-0.3, -0.25) is 14.9 Å². The Kier molecular flexibility index (Phi) is 6.31. The summed E-state index contributed by atoms with van der Waals surface area (Å²) in [6.07, 6.45) is 2.49. The normalized spacial score (nSPS) is 10.6. The number of anilines is 1. The van der Waals surface area contributed by atoms with Crippen molar-refractivity contribution in [3.8, 4) is 0 Å². The van der Waals surface area contributed by atoms with Crippen LogP contribution in [0.15, 0.2) is 45.5 Å². The summed E-state index contributed by atoms with van der Waals surface area (Å²) in [5, 5.41) is 13.1. The molecule has 0 aliphatic heterocycles. The van der Waals surface area contributed by atoms with Crippen molar-refractivity contribution in [2.45, 2.75) is 0 Å². The number of nitrogens with zero attached hydrogens (tertiary/aromatic N) is 1. The number of hydrogen-bond donors (Lipinski definition) is 1. The minimum Gasteiger partial charge on any atom is -0.452 e. The molecule has 0 radical (unpaired) electrons. The smallest absolute Gasteiger partial charge is 0.331 e. The Morgan fingerprint density at radius 3 is 2.76 bits per heavy atom. The van der Waals surface area contributed by atoms with Gasteiger partial charge < -0.3 is 14.5 Å². The molecule has 1 N–H and O–H groups in total. The Hall–Kier alpha value is -2.65. The number of hydrogen-bond acceptors (Lipinski definition) is 6. The quantitative estimate of drug-likeness (QED) is 0.323. The van der Waals surface area contributed by atoms with E-state index in [4.69, 9.17) is 20.8 Å². The van der Waals surface area contributed by atoms with Gasteiger partial charge in [0.15, 0.2) is 11.3 Å². The second-order valence-corrected chi connectivity index (χ2v) is 5.74. The first kappa shape index (κ1) is 18.7. The van der Waals surface area contributed by atoms with Crippen molar-refractivity contribution in [2.24, 2.45) is 0 Å². The fourth-order valence-corrected chi connectivity index (χ4v) is 2.19. The largest absolute Gasteiger partial charge is 0.452 e. The first-order valence-electron chi connectivity index (χ1n) is 6.69. The van der Waals surface area contributed by atoms with Gasteiger partial charge in [0.1, 0.15) is 10.8 Å². The maximum absolute atomic E-state index is 11.7. The van der Waals surface area contributed by atoms with Gasteiger partial charge in [-0.2, -0.15) is 0 Å². The van der Waals surface area contributed by atoms with Gasteiger partial charge in [0.05, 0.1) is 4.92 Å². The number of nitro benzene ring substituents is 1. The van der Waals surface area contributed by atoms with Gasteiger partial charge in [-0.25, -0.2) is 4.79 Å². The number of amides is 1. The van der Waals surface area contributed by atoms with Gasteiger partial charge in [0.25, 0.3) is 11.6 Å². The minimum absolute atomic E-state index is 0.0517. The molecule has 0 spiro atoms. The van der Waals surface area contributed by atoms with E-state index in [1.807, 2.05) is 0 Å². The van der Waals surface area contributed by atoms with Gasteiger partial charge in [-0.05, 0) is 46.3 Å². The molecule has 2 aromatic rings. The highest BCUT2D eigenvalue weighted by molar-refractivity contribution is 9.10. The van der Waals surface area contributed by atoms with Crippen LogP contribution in [0.3, 0.4) is 0 Å². The zero-order chi connectivity index (χ0) is 18.4. The molecule has 0 saturated heterocycles. The number of carbonyl (C=O) groups excluding carboxylic acids is 2. The van der Waals surface area contributed by atoms with Gasteiger partial charge >= 0.3 is 5.97 Å². The molecule has 1 heterocycles. The molecule has 2 rings (SSSR count). The first-order chi connectivity index (χ1) is 11.8. The minimum atomic E-state index is -0.746. The predicted octanol–water partition coefficient (Wildman–Crippen LogP) is 3.80. The number of ether oxygens (including phenoxy) is 1. The van der Waals surface area contributed by atoms with Crippen molar-refractivity contribution in [1.29, 1.82) is 0 Å². The number of esters is 1. The highest BCUT2D eigenvalue weighted by Crippen LogP contribution is 2.27. The van der Waals surface area contributed by atoms with Crippen molar-refractivity contribution in [3.63, 3.8) is 0 Å². The summed E-state index contributed by atoms with van der Waals surface area (Å²) >= 11 is 8.79. The molecule has 1 aromatic heterocycles. The summed E-state index contributed by atoms with van der Waals surface area (Å²) in [6, 6.07) is 7.07. The predicted molar refractivity (Wildman–Crippen MR) is 93.1 cm³/mol. The van der Waals surface area contributed by atoms with Crippen LogP contribution in [0.4, 0.5) is 11.4 Å². The summed E-state index contributed by atoms with van der Waals surface area (Å²) in [6.45, 7) is -0.554. The monoisotopic (exact) mass is 428 g/mol. The topological polar surface area (TPSA) is 112 Å². The lowest BCUT2D eigenvalue weighted by Crippen LogP contribution is -2.20. The molecule has 0 atom stereocenters. The summed E-state index contributed by atoms with van der Waals surface area (Å²) < 4.78 is 10.4. The van der Waals surface area contributed by atoms with Gasteiger partial charge in [0, 0.05) is 17.8 Å². The molecule has 0 aliphatic carbocycles. The first-order valence-corrected chi connectivity index (χ1v) is 7.86. The Morgan fingerprint density at radius 2 is 2.12 bits per heavy atom. The Labute approximate surface area is 154 Å². The second-order valence-electron chi connectivity index (χ2n) is 4.55. The molecule has 0 bridgehead atoms. The molecule has 10 heteroatoms. The van der Waals surface area contributed by atoms with E-state index >= 15 is 0 Å². The summed E-state index contributed by atoms with van der Waals surface area (Å²) in [7, 11) is 0. The van der Waals surface area contributed by atoms with Gasteiger partial charge in [-0.15, -0.1) is 0 Å². The van der Waals surface area contributed by atoms with E-state index in [0.717, 1.165) is 12.1 Å². The van der Waals surface area contributed by atoms with Crippen LogP contribution in [0.2, 0.25) is 5.02 Å². The van der Waals surface area contributed by atoms with Crippen molar-refractivity contribution < 1.29 is 23.7 Å². The number of nitro groups is 1. The molecule has 0 saturated carbocycles. The Balaban J connectivity index is 1.86. The number of nitrogens with one attached hydrogen (secondary N) is 1. The van der Waals surface area contributed by atoms with E-state index in [1.54, 1.807) is 12.1 Å². The van der Waals surface area contributed by atoms with E-state index in [1.165, 1.54) is 18.2 Å². The lowest BCUT2D eigenvalue weighted by atomic mass is 10.3. The third-order valence-corrected chi connectivity index (χ3v) is 3.50. The molecule has 8 nitrogen and oxygen atoms in total. The standard InChI is InChI=1S/C15H10BrClN2O6/c16-13-5-2-10(25-13)3-6-15(21)24-8-14(20)18-9-1-4-11(17)12(7-9)19(22)23/h1-7H,8H2,(H,18,20)/b6-3+. The maximum atomic E-state index is 11.7. The van der Waals surface area contributed by atoms with Gasteiger partial charge in [0.2, 0.25) is 0 Å². The molecule has 25 heavy (non-hydrogen) atoms. The van der Waals surface area contributed by atoms with Crippen LogP contribution in [-0.4, -0.2) is 23.4 Å². The highest BCUT2D eigenvalue weighted by atomic mass is 79.9. The van der Waals surface area contributed by atoms with Gasteiger partial charge in [-0.1, -0.05) is 11.6 Å².